The van der Waals surface area contributed by atoms with Gasteiger partial charge in [0.25, 0.3) is 0 Å². The third kappa shape index (κ3) is 2.94. The van der Waals surface area contributed by atoms with Gasteiger partial charge in [-0.25, -0.2) is 0 Å². The lowest BCUT2D eigenvalue weighted by Crippen LogP contribution is -2.43. The number of nitrogens with one attached hydrogen (secondary N) is 1. The zero-order valence-corrected chi connectivity index (χ0v) is 17.1. The average Bonchev–Trinajstić information content (AvgIpc) is 3.41. The van der Waals surface area contributed by atoms with Crippen molar-refractivity contribution >= 4 is 17.5 Å². The second kappa shape index (κ2) is 7.06. The number of rotatable bonds is 5. The zero-order valence-electron chi connectivity index (χ0n) is 17.1. The van der Waals surface area contributed by atoms with Gasteiger partial charge in [-0.2, -0.15) is 0 Å². The maximum absolute atomic E-state index is 13.4. The van der Waals surface area contributed by atoms with Crippen molar-refractivity contribution in [2.75, 3.05) is 11.4 Å². The van der Waals surface area contributed by atoms with Crippen molar-refractivity contribution in [1.29, 1.82) is 0 Å². The van der Waals surface area contributed by atoms with Gasteiger partial charge in [0, 0.05) is 24.6 Å². The van der Waals surface area contributed by atoms with Gasteiger partial charge in [-0.3, -0.25) is 14.6 Å². The minimum Gasteiger partial charge on any atom is -0.360 e. The second-order valence-corrected chi connectivity index (χ2v) is 8.64. The van der Waals surface area contributed by atoms with E-state index in [0.717, 1.165) is 11.3 Å². The molecular weight excluding hydrogens is 378 g/mol. The Bertz CT molecular complexity index is 1000. The van der Waals surface area contributed by atoms with Crippen LogP contribution in [0.3, 0.4) is 0 Å². The van der Waals surface area contributed by atoms with E-state index in [1.54, 1.807) is 17.3 Å². The number of hydrogen-bond acceptors (Lipinski definition) is 4. The van der Waals surface area contributed by atoms with Crippen molar-refractivity contribution in [3.05, 3.63) is 72.1 Å². The fourth-order valence-electron chi connectivity index (χ4n) is 4.86. The highest BCUT2D eigenvalue weighted by Crippen LogP contribution is 2.52. The first-order chi connectivity index (χ1) is 14.5. The Balaban J connectivity index is 1.36. The Morgan fingerprint density at radius 2 is 1.97 bits per heavy atom. The van der Waals surface area contributed by atoms with E-state index in [4.69, 9.17) is 4.74 Å². The van der Waals surface area contributed by atoms with E-state index < -0.39 is 17.4 Å². The molecule has 4 atom stereocenters. The standard InChI is InChI=1S/C24H25N3O3/c1-15(2)17-3-5-18(6-4-17)27-14-24-10-7-19(30-24)20(21(24)23(27)29)22(28)26-13-16-8-11-25-12-9-16/h3-12,15,19-21H,13-14H2,1-2H3,(H,26,28)/t19-,20+,21-,24-/m1/s1. The number of fused-ring (bicyclic) bond motifs is 1. The van der Waals surface area contributed by atoms with E-state index in [9.17, 15) is 9.59 Å². The van der Waals surface area contributed by atoms with E-state index in [1.165, 1.54) is 5.56 Å². The number of nitrogens with zero attached hydrogens (tertiary/aromatic N) is 2. The molecule has 2 fully saturated rings. The van der Waals surface area contributed by atoms with Crippen molar-refractivity contribution < 1.29 is 14.3 Å². The summed E-state index contributed by atoms with van der Waals surface area (Å²) >= 11 is 0. The Morgan fingerprint density at radius 3 is 2.67 bits per heavy atom. The molecule has 4 heterocycles. The maximum atomic E-state index is 13.4. The molecule has 6 nitrogen and oxygen atoms in total. The third-order valence-electron chi connectivity index (χ3n) is 6.49. The number of ether oxygens (including phenoxy) is 1. The van der Waals surface area contributed by atoms with Crippen LogP contribution in [-0.2, 0) is 20.9 Å². The van der Waals surface area contributed by atoms with E-state index in [0.29, 0.717) is 19.0 Å². The molecule has 1 aromatic carbocycles. The molecule has 30 heavy (non-hydrogen) atoms. The van der Waals surface area contributed by atoms with Crippen LogP contribution in [0.25, 0.3) is 0 Å². The lowest BCUT2D eigenvalue weighted by atomic mass is 9.77. The van der Waals surface area contributed by atoms with Crippen LogP contribution in [0, 0.1) is 11.8 Å². The lowest BCUT2D eigenvalue weighted by Gasteiger charge is -2.23. The molecule has 154 valence electrons. The van der Waals surface area contributed by atoms with Gasteiger partial charge >= 0.3 is 0 Å². The van der Waals surface area contributed by atoms with Crippen LogP contribution in [0.5, 0.6) is 0 Å². The third-order valence-corrected chi connectivity index (χ3v) is 6.49. The summed E-state index contributed by atoms with van der Waals surface area (Å²) in [5.74, 6) is -0.748. The van der Waals surface area contributed by atoms with Crippen molar-refractivity contribution in [1.82, 2.24) is 10.3 Å². The van der Waals surface area contributed by atoms with E-state index >= 15 is 0 Å². The molecule has 6 heteroatoms. The summed E-state index contributed by atoms with van der Waals surface area (Å²) in [5.41, 5.74) is 2.34. The fraction of sp³-hybridized carbons (Fsp3) is 0.375. The van der Waals surface area contributed by atoms with Gasteiger partial charge in [-0.1, -0.05) is 38.1 Å². The SMILES string of the molecule is CC(C)c1ccc(N2C[C@@]34C=C[C@@H](O3)[C@H](C(=O)NCc3ccncc3)[C@@H]4C2=O)cc1. The van der Waals surface area contributed by atoms with Gasteiger partial charge in [0.1, 0.15) is 5.60 Å². The van der Waals surface area contributed by atoms with Gasteiger partial charge in [-0.15, -0.1) is 0 Å². The Kier molecular flexibility index (Phi) is 4.47. The molecule has 0 aliphatic carbocycles. The zero-order chi connectivity index (χ0) is 20.9. The summed E-state index contributed by atoms with van der Waals surface area (Å²) in [5, 5.41) is 2.98. The molecule has 2 bridgehead atoms. The highest BCUT2D eigenvalue weighted by molar-refractivity contribution is 6.03. The number of pyridine rings is 1. The summed E-state index contributed by atoms with van der Waals surface area (Å²) in [7, 11) is 0. The molecule has 2 amide bonds. The summed E-state index contributed by atoms with van der Waals surface area (Å²) in [4.78, 5) is 32.2. The molecular formula is C24H25N3O3. The van der Waals surface area contributed by atoms with Crippen LogP contribution in [0.4, 0.5) is 5.69 Å². The van der Waals surface area contributed by atoms with Gasteiger partial charge in [-0.05, 0) is 41.3 Å². The minimum absolute atomic E-state index is 0.0387. The molecule has 0 unspecified atom stereocenters. The highest BCUT2D eigenvalue weighted by Gasteiger charge is 2.67. The normalized spacial score (nSPS) is 29.0. The van der Waals surface area contributed by atoms with Crippen LogP contribution in [0.2, 0.25) is 0 Å². The van der Waals surface area contributed by atoms with Crippen LogP contribution in [-0.4, -0.2) is 35.0 Å². The molecule has 3 aliphatic rings. The molecule has 1 aromatic heterocycles. The monoisotopic (exact) mass is 403 g/mol. The topological polar surface area (TPSA) is 71.5 Å². The number of carbonyl (C=O) groups excluding carboxylic acids is 2. The summed E-state index contributed by atoms with van der Waals surface area (Å²) in [6.45, 7) is 5.14. The highest BCUT2D eigenvalue weighted by atomic mass is 16.5. The summed E-state index contributed by atoms with van der Waals surface area (Å²) in [6, 6.07) is 11.8. The van der Waals surface area contributed by atoms with Crippen LogP contribution in [0.1, 0.15) is 30.9 Å². The molecule has 2 saturated heterocycles. The molecule has 5 rings (SSSR count). The first kappa shape index (κ1) is 19.0. The fourth-order valence-corrected chi connectivity index (χ4v) is 4.86. The summed E-state index contributed by atoms with van der Waals surface area (Å²) in [6.07, 6.45) is 6.97. The molecule has 2 aromatic rings. The number of carbonyl (C=O) groups is 2. The molecule has 0 saturated carbocycles. The van der Waals surface area contributed by atoms with Crippen molar-refractivity contribution in [2.45, 2.75) is 38.0 Å². The minimum atomic E-state index is -0.711. The van der Waals surface area contributed by atoms with Crippen LogP contribution >= 0.6 is 0 Å². The van der Waals surface area contributed by atoms with Gasteiger partial charge in [0.15, 0.2) is 0 Å². The Labute approximate surface area is 175 Å². The molecule has 1 spiro atoms. The number of aromatic nitrogens is 1. The largest absolute Gasteiger partial charge is 0.360 e. The van der Waals surface area contributed by atoms with E-state index in [-0.39, 0.29) is 17.9 Å². The van der Waals surface area contributed by atoms with Crippen molar-refractivity contribution in [2.24, 2.45) is 11.8 Å². The first-order valence-corrected chi connectivity index (χ1v) is 10.4. The van der Waals surface area contributed by atoms with E-state index in [1.807, 2.05) is 36.4 Å². The second-order valence-electron chi connectivity index (χ2n) is 8.64. The van der Waals surface area contributed by atoms with Crippen LogP contribution in [0.15, 0.2) is 60.9 Å². The smallest absolute Gasteiger partial charge is 0.234 e. The average molecular weight is 403 g/mol. The quantitative estimate of drug-likeness (QED) is 0.780. The number of anilines is 1. The van der Waals surface area contributed by atoms with Gasteiger partial charge in [0.2, 0.25) is 11.8 Å². The predicted octanol–water partition coefficient (Wildman–Crippen LogP) is 2.81. The van der Waals surface area contributed by atoms with Gasteiger partial charge < -0.3 is 15.0 Å². The number of amides is 2. The summed E-state index contributed by atoms with van der Waals surface area (Å²) < 4.78 is 6.21. The lowest BCUT2D eigenvalue weighted by molar-refractivity contribution is -0.132. The number of benzene rings is 1. The molecule has 0 radical (unpaired) electrons. The maximum Gasteiger partial charge on any atom is 0.234 e. The van der Waals surface area contributed by atoms with Crippen molar-refractivity contribution in [3.63, 3.8) is 0 Å². The van der Waals surface area contributed by atoms with Crippen molar-refractivity contribution in [3.8, 4) is 0 Å². The Morgan fingerprint density at radius 1 is 1.23 bits per heavy atom. The van der Waals surface area contributed by atoms with Crippen LogP contribution < -0.4 is 10.2 Å². The van der Waals surface area contributed by atoms with Gasteiger partial charge in [0.05, 0.1) is 24.5 Å². The molecule has 3 aliphatic heterocycles. The van der Waals surface area contributed by atoms with E-state index in [2.05, 4.69) is 36.3 Å². The molecule has 1 N–H and O–H groups in total. The number of hydrogen-bond donors (Lipinski definition) is 1. The first-order valence-electron chi connectivity index (χ1n) is 10.4. The Hall–Kier alpha value is -2.99. The predicted molar refractivity (Wildman–Crippen MR) is 113 cm³/mol.